The molecule has 5 nitrogen and oxygen atoms in total. The summed E-state index contributed by atoms with van der Waals surface area (Å²) >= 11 is 5.37. The average molecular weight is 351 g/mol. The van der Waals surface area contributed by atoms with Gasteiger partial charge < -0.3 is 20.3 Å². The molecule has 2 rings (SSSR count). The molecule has 1 heterocycles. The van der Waals surface area contributed by atoms with Crippen molar-refractivity contribution in [3.8, 4) is 0 Å². The fraction of sp³-hybridized carbons (Fsp3) is 0.611. The van der Waals surface area contributed by atoms with Crippen molar-refractivity contribution in [1.82, 2.24) is 10.2 Å². The van der Waals surface area contributed by atoms with Crippen molar-refractivity contribution in [1.29, 1.82) is 0 Å². The Morgan fingerprint density at radius 1 is 1.17 bits per heavy atom. The molecule has 1 saturated heterocycles. The minimum absolute atomic E-state index is 0.688. The second-order valence-corrected chi connectivity index (χ2v) is 6.32. The van der Waals surface area contributed by atoms with Crippen molar-refractivity contribution in [2.75, 3.05) is 62.7 Å². The van der Waals surface area contributed by atoms with Gasteiger partial charge >= 0.3 is 0 Å². The fourth-order valence-electron chi connectivity index (χ4n) is 2.85. The highest BCUT2D eigenvalue weighted by molar-refractivity contribution is 7.80. The Bertz CT molecular complexity index is 484. The van der Waals surface area contributed by atoms with Crippen molar-refractivity contribution in [3.05, 3.63) is 24.3 Å². The zero-order chi connectivity index (χ0) is 17.2. The van der Waals surface area contributed by atoms with E-state index in [0.717, 1.165) is 64.6 Å². The van der Waals surface area contributed by atoms with E-state index in [1.54, 1.807) is 0 Å². The van der Waals surface area contributed by atoms with Gasteiger partial charge in [0, 0.05) is 44.1 Å². The first-order valence-corrected chi connectivity index (χ1v) is 9.33. The lowest BCUT2D eigenvalue weighted by Crippen LogP contribution is -2.38. The van der Waals surface area contributed by atoms with Crippen LogP contribution < -0.4 is 15.5 Å². The lowest BCUT2D eigenvalue weighted by Gasteiger charge is -2.26. The molecule has 6 heteroatoms. The second kappa shape index (κ2) is 10.5. The number of hydrogen-bond donors (Lipinski definition) is 2. The smallest absolute Gasteiger partial charge is 0.170 e. The van der Waals surface area contributed by atoms with Crippen LogP contribution in [0.4, 0.5) is 11.4 Å². The molecule has 0 amide bonds. The Labute approximate surface area is 151 Å². The number of morpholine rings is 1. The van der Waals surface area contributed by atoms with E-state index in [-0.39, 0.29) is 0 Å². The van der Waals surface area contributed by atoms with E-state index in [0.29, 0.717) is 5.11 Å². The van der Waals surface area contributed by atoms with Gasteiger partial charge in [-0.2, -0.15) is 0 Å². The maximum Gasteiger partial charge on any atom is 0.170 e. The summed E-state index contributed by atoms with van der Waals surface area (Å²) in [5, 5.41) is 7.22. The van der Waals surface area contributed by atoms with Gasteiger partial charge in [-0.15, -0.1) is 0 Å². The van der Waals surface area contributed by atoms with E-state index < -0.39 is 0 Å². The first kappa shape index (κ1) is 19.0. The minimum atomic E-state index is 0.688. The minimum Gasteiger partial charge on any atom is -0.379 e. The number of anilines is 2. The number of nitrogens with one attached hydrogen (secondary N) is 2. The lowest BCUT2D eigenvalue weighted by molar-refractivity contribution is 0.0376. The van der Waals surface area contributed by atoms with Crippen LogP contribution in [0.15, 0.2) is 24.3 Å². The normalized spacial score (nSPS) is 15.1. The highest BCUT2D eigenvalue weighted by Crippen LogP contribution is 2.17. The highest BCUT2D eigenvalue weighted by atomic mass is 32.1. The number of rotatable bonds is 8. The maximum atomic E-state index is 5.37. The van der Waals surface area contributed by atoms with Crippen LogP contribution in [0.1, 0.15) is 20.3 Å². The Morgan fingerprint density at radius 2 is 1.83 bits per heavy atom. The van der Waals surface area contributed by atoms with E-state index in [2.05, 4.69) is 58.5 Å². The molecule has 134 valence electrons. The molecule has 0 aromatic heterocycles. The Kier molecular flexibility index (Phi) is 8.28. The van der Waals surface area contributed by atoms with Gasteiger partial charge in [0.25, 0.3) is 0 Å². The van der Waals surface area contributed by atoms with E-state index in [4.69, 9.17) is 17.0 Å². The van der Waals surface area contributed by atoms with E-state index in [1.165, 1.54) is 5.69 Å². The van der Waals surface area contributed by atoms with Gasteiger partial charge in [-0.05, 0) is 63.3 Å². The Hall–Kier alpha value is -1.37. The predicted molar refractivity (Wildman–Crippen MR) is 106 cm³/mol. The molecule has 24 heavy (non-hydrogen) atoms. The quantitative estimate of drug-likeness (QED) is 0.555. The van der Waals surface area contributed by atoms with Gasteiger partial charge in [-0.25, -0.2) is 0 Å². The summed E-state index contributed by atoms with van der Waals surface area (Å²) in [6, 6.07) is 8.43. The van der Waals surface area contributed by atoms with Gasteiger partial charge in [0.15, 0.2) is 5.11 Å². The van der Waals surface area contributed by atoms with Crippen LogP contribution in [-0.2, 0) is 4.74 Å². The summed E-state index contributed by atoms with van der Waals surface area (Å²) in [4.78, 5) is 4.76. The fourth-order valence-corrected chi connectivity index (χ4v) is 3.07. The molecule has 0 atom stereocenters. The third-order valence-electron chi connectivity index (χ3n) is 4.29. The second-order valence-electron chi connectivity index (χ2n) is 5.91. The number of benzene rings is 1. The Balaban J connectivity index is 1.66. The molecule has 1 aromatic carbocycles. The van der Waals surface area contributed by atoms with Gasteiger partial charge in [0.2, 0.25) is 0 Å². The first-order chi connectivity index (χ1) is 11.7. The zero-order valence-corrected chi connectivity index (χ0v) is 15.7. The number of nitrogens with zero attached hydrogens (tertiary/aromatic N) is 2. The number of hydrogen-bond acceptors (Lipinski definition) is 4. The lowest BCUT2D eigenvalue weighted by atomic mass is 10.2. The SMILES string of the molecule is CCN(CC)c1ccc(NC(=S)NCCCN2CCOCC2)cc1. The third kappa shape index (κ3) is 6.26. The molecule has 0 bridgehead atoms. The summed E-state index contributed by atoms with van der Waals surface area (Å²) < 4.78 is 5.36. The van der Waals surface area contributed by atoms with Crippen LogP contribution in [0, 0.1) is 0 Å². The summed E-state index contributed by atoms with van der Waals surface area (Å²) in [6.07, 6.45) is 1.09. The van der Waals surface area contributed by atoms with Crippen molar-refractivity contribution in [2.45, 2.75) is 20.3 Å². The monoisotopic (exact) mass is 350 g/mol. The molecule has 0 unspecified atom stereocenters. The molecule has 0 radical (unpaired) electrons. The molecule has 0 spiro atoms. The molecule has 0 saturated carbocycles. The predicted octanol–water partition coefficient (Wildman–Crippen LogP) is 2.54. The van der Waals surface area contributed by atoms with Crippen molar-refractivity contribution in [3.63, 3.8) is 0 Å². The number of ether oxygens (including phenoxy) is 1. The molecular weight excluding hydrogens is 320 g/mol. The standard InChI is InChI=1S/C18H30N4OS/c1-3-22(4-2)17-8-6-16(7-9-17)20-18(24)19-10-5-11-21-12-14-23-15-13-21/h6-9H,3-5,10-15H2,1-2H3,(H2,19,20,24). The Morgan fingerprint density at radius 3 is 2.46 bits per heavy atom. The zero-order valence-electron chi connectivity index (χ0n) is 14.9. The topological polar surface area (TPSA) is 39.8 Å². The molecule has 1 aliphatic rings. The molecule has 0 aliphatic carbocycles. The van der Waals surface area contributed by atoms with Crippen LogP contribution in [0.3, 0.4) is 0 Å². The average Bonchev–Trinajstić information content (AvgIpc) is 2.62. The maximum absolute atomic E-state index is 5.37. The van der Waals surface area contributed by atoms with E-state index in [1.807, 2.05) is 0 Å². The van der Waals surface area contributed by atoms with E-state index >= 15 is 0 Å². The first-order valence-electron chi connectivity index (χ1n) is 8.93. The van der Waals surface area contributed by atoms with Crippen LogP contribution in [0.5, 0.6) is 0 Å². The third-order valence-corrected chi connectivity index (χ3v) is 4.54. The highest BCUT2D eigenvalue weighted by Gasteiger charge is 2.09. The van der Waals surface area contributed by atoms with E-state index in [9.17, 15) is 0 Å². The molecular formula is C18H30N4OS. The van der Waals surface area contributed by atoms with Crippen LogP contribution >= 0.6 is 12.2 Å². The molecule has 1 aromatic rings. The van der Waals surface area contributed by atoms with Crippen LogP contribution in [0.25, 0.3) is 0 Å². The van der Waals surface area contributed by atoms with Gasteiger partial charge in [-0.1, -0.05) is 0 Å². The van der Waals surface area contributed by atoms with Gasteiger partial charge in [-0.3, -0.25) is 4.90 Å². The summed E-state index contributed by atoms with van der Waals surface area (Å²) in [7, 11) is 0. The van der Waals surface area contributed by atoms with Gasteiger partial charge in [0.05, 0.1) is 13.2 Å². The summed E-state index contributed by atoms with van der Waals surface area (Å²) in [5.74, 6) is 0. The van der Waals surface area contributed by atoms with Crippen LogP contribution in [-0.4, -0.2) is 62.5 Å². The summed E-state index contributed by atoms with van der Waals surface area (Å²) in [6.45, 7) is 12.2. The molecule has 2 N–H and O–H groups in total. The van der Waals surface area contributed by atoms with Gasteiger partial charge in [0.1, 0.15) is 0 Å². The summed E-state index contributed by atoms with van der Waals surface area (Å²) in [5.41, 5.74) is 2.27. The van der Waals surface area contributed by atoms with Crippen molar-refractivity contribution >= 4 is 28.7 Å². The number of thiocarbonyl (C=S) groups is 1. The van der Waals surface area contributed by atoms with Crippen molar-refractivity contribution < 1.29 is 4.74 Å². The molecule has 1 fully saturated rings. The largest absolute Gasteiger partial charge is 0.379 e. The van der Waals surface area contributed by atoms with Crippen LogP contribution in [0.2, 0.25) is 0 Å². The molecule has 1 aliphatic heterocycles. The van der Waals surface area contributed by atoms with Crippen molar-refractivity contribution in [2.24, 2.45) is 0 Å².